The third-order valence-corrected chi connectivity index (χ3v) is 5.37. The third-order valence-electron chi connectivity index (χ3n) is 4.92. The summed E-state index contributed by atoms with van der Waals surface area (Å²) in [5, 5.41) is 2.85. The van der Waals surface area contributed by atoms with Crippen LogP contribution in [0.3, 0.4) is 0 Å². The number of aromatic nitrogens is 2. The van der Waals surface area contributed by atoms with Gasteiger partial charge in [-0.05, 0) is 51.5 Å². The lowest BCUT2D eigenvalue weighted by atomic mass is 10.0. The Morgan fingerprint density at radius 3 is 2.59 bits per heavy atom. The molecule has 3 aromatic rings. The number of amides is 1. The number of fused-ring (bicyclic) bond motifs is 3. The van der Waals surface area contributed by atoms with Gasteiger partial charge in [0.05, 0.1) is 23.1 Å². The van der Waals surface area contributed by atoms with Gasteiger partial charge >= 0.3 is 6.09 Å². The molecule has 29 heavy (non-hydrogen) atoms. The Morgan fingerprint density at radius 1 is 1.17 bits per heavy atom. The molecule has 4 rings (SSSR count). The number of hydrogen-bond acceptors (Lipinski definition) is 4. The fraction of sp³-hybridized carbons (Fsp3) is 0.381. The number of rotatable bonds is 1. The smallest absolute Gasteiger partial charge is 0.410 e. The van der Waals surface area contributed by atoms with E-state index in [1.54, 1.807) is 33.0 Å². The molecule has 8 heteroatoms. The van der Waals surface area contributed by atoms with Crippen LogP contribution in [0.25, 0.3) is 21.9 Å². The van der Waals surface area contributed by atoms with E-state index in [0.29, 0.717) is 28.7 Å². The predicted molar refractivity (Wildman–Crippen MR) is 114 cm³/mol. The molecular formula is C21H21Cl2N3O3. The van der Waals surface area contributed by atoms with Crippen LogP contribution in [-0.2, 0) is 9.53 Å². The van der Waals surface area contributed by atoms with Crippen molar-refractivity contribution in [3.8, 4) is 0 Å². The normalized spacial score (nSPS) is 17.9. The van der Waals surface area contributed by atoms with Crippen molar-refractivity contribution in [3.05, 3.63) is 40.5 Å². The Labute approximate surface area is 178 Å². The van der Waals surface area contributed by atoms with Crippen molar-refractivity contribution in [2.45, 2.75) is 38.8 Å². The number of halogens is 2. The third kappa shape index (κ3) is 3.79. The van der Waals surface area contributed by atoms with E-state index in [4.69, 9.17) is 27.9 Å². The Bertz CT molecular complexity index is 1070. The first-order valence-corrected chi connectivity index (χ1v) is 10.1. The number of ether oxygens (including phenoxy) is 1. The average molecular weight is 434 g/mol. The van der Waals surface area contributed by atoms with E-state index in [-0.39, 0.29) is 12.3 Å². The van der Waals surface area contributed by atoms with Gasteiger partial charge in [-0.1, -0.05) is 23.2 Å². The first-order chi connectivity index (χ1) is 13.6. The van der Waals surface area contributed by atoms with Gasteiger partial charge in [-0.3, -0.25) is 4.79 Å². The molecule has 1 aliphatic rings. The second kappa shape index (κ2) is 7.18. The Balaban J connectivity index is 1.72. The number of ketones is 1. The fourth-order valence-electron chi connectivity index (χ4n) is 3.75. The van der Waals surface area contributed by atoms with Crippen molar-refractivity contribution in [1.29, 1.82) is 0 Å². The summed E-state index contributed by atoms with van der Waals surface area (Å²) in [6.45, 7) is 5.84. The number of carbonyl (C=O) groups is 2. The molecule has 1 atom stereocenters. The largest absolute Gasteiger partial charge is 0.444 e. The first kappa shape index (κ1) is 20.0. The highest BCUT2D eigenvalue weighted by molar-refractivity contribution is 6.33. The molecule has 1 aromatic carbocycles. The van der Waals surface area contributed by atoms with Crippen LogP contribution in [-0.4, -0.2) is 45.0 Å². The molecule has 0 aliphatic carbocycles. The highest BCUT2D eigenvalue weighted by atomic mass is 35.5. The molecule has 1 amide bonds. The lowest BCUT2D eigenvalue weighted by molar-refractivity contribution is -0.125. The van der Waals surface area contributed by atoms with E-state index in [2.05, 4.69) is 4.98 Å². The zero-order chi connectivity index (χ0) is 20.9. The van der Waals surface area contributed by atoms with E-state index < -0.39 is 17.7 Å². The van der Waals surface area contributed by atoms with Gasteiger partial charge in [-0.2, -0.15) is 0 Å². The molecule has 0 bridgehead atoms. The maximum Gasteiger partial charge on any atom is 0.410 e. The molecule has 6 nitrogen and oxygen atoms in total. The van der Waals surface area contributed by atoms with Crippen molar-refractivity contribution >= 4 is 57.0 Å². The molecule has 0 N–H and O–H groups in total. The van der Waals surface area contributed by atoms with E-state index in [1.165, 1.54) is 4.90 Å². The van der Waals surface area contributed by atoms with Gasteiger partial charge in [0.25, 0.3) is 0 Å². The Hall–Kier alpha value is -2.31. The summed E-state index contributed by atoms with van der Waals surface area (Å²) in [4.78, 5) is 31.3. The highest BCUT2D eigenvalue weighted by Gasteiger charge is 2.34. The molecule has 152 valence electrons. The van der Waals surface area contributed by atoms with E-state index >= 15 is 0 Å². The molecule has 1 fully saturated rings. The van der Waals surface area contributed by atoms with Crippen LogP contribution in [0.4, 0.5) is 4.79 Å². The van der Waals surface area contributed by atoms with Gasteiger partial charge < -0.3 is 14.2 Å². The topological polar surface area (TPSA) is 64.4 Å². The summed E-state index contributed by atoms with van der Waals surface area (Å²) in [5.74, 6) is -0.0624. The molecule has 2 aromatic heterocycles. The summed E-state index contributed by atoms with van der Waals surface area (Å²) in [5.41, 5.74) is 0.936. The van der Waals surface area contributed by atoms with Gasteiger partial charge in [0.15, 0.2) is 5.78 Å². The SMILES string of the molecule is CC(C)(C)OC(=O)N1CCC(n2c3ccc(Cl)cc3c3cc(Cl)cnc32)C(=O)C1. The van der Waals surface area contributed by atoms with E-state index in [9.17, 15) is 9.59 Å². The van der Waals surface area contributed by atoms with Gasteiger partial charge in [0.2, 0.25) is 0 Å². The predicted octanol–water partition coefficient (Wildman–Crippen LogP) is 5.25. The zero-order valence-corrected chi connectivity index (χ0v) is 17.9. The fourth-order valence-corrected chi connectivity index (χ4v) is 4.08. The Morgan fingerprint density at radius 2 is 1.90 bits per heavy atom. The van der Waals surface area contributed by atoms with Gasteiger partial charge in [0.1, 0.15) is 11.2 Å². The number of carbonyl (C=O) groups excluding carboxylic acids is 2. The Kier molecular flexibility index (Phi) is 4.95. The van der Waals surface area contributed by atoms with Crippen molar-refractivity contribution in [1.82, 2.24) is 14.5 Å². The molecule has 1 aliphatic heterocycles. The minimum atomic E-state index is -0.605. The number of hydrogen-bond donors (Lipinski definition) is 0. The molecule has 1 unspecified atom stereocenters. The van der Waals surface area contributed by atoms with Gasteiger partial charge in [-0.15, -0.1) is 0 Å². The lowest BCUT2D eigenvalue weighted by Crippen LogP contribution is -2.46. The number of Topliss-reactive ketones (excluding diaryl/α,β-unsaturated/α-hetero) is 1. The molecule has 1 saturated heterocycles. The lowest BCUT2D eigenvalue weighted by Gasteiger charge is -2.33. The van der Waals surface area contributed by atoms with E-state index in [0.717, 1.165) is 16.3 Å². The molecule has 3 heterocycles. The van der Waals surface area contributed by atoms with Gasteiger partial charge in [-0.25, -0.2) is 9.78 Å². The highest BCUT2D eigenvalue weighted by Crippen LogP contribution is 2.36. The summed E-state index contributed by atoms with van der Waals surface area (Å²) < 4.78 is 7.34. The van der Waals surface area contributed by atoms with Crippen LogP contribution in [0.5, 0.6) is 0 Å². The van der Waals surface area contributed by atoms with Crippen LogP contribution >= 0.6 is 23.2 Å². The van der Waals surface area contributed by atoms with Crippen LogP contribution in [0.2, 0.25) is 10.0 Å². The summed E-state index contributed by atoms with van der Waals surface area (Å²) in [6, 6.07) is 6.94. The minimum Gasteiger partial charge on any atom is -0.444 e. The molecular weight excluding hydrogens is 413 g/mol. The summed E-state index contributed by atoms with van der Waals surface area (Å²) >= 11 is 12.4. The van der Waals surface area contributed by atoms with Crippen molar-refractivity contribution in [3.63, 3.8) is 0 Å². The van der Waals surface area contributed by atoms with Crippen molar-refractivity contribution in [2.75, 3.05) is 13.1 Å². The average Bonchev–Trinajstić information content (AvgIpc) is 2.93. The standard InChI is InChI=1S/C21H21Cl2N3O3/c1-21(2,3)29-20(28)25-7-6-17(18(27)11-25)26-16-5-4-12(22)8-14(16)15-9-13(23)10-24-19(15)26/h4-5,8-10,17H,6-7,11H2,1-3H3. The first-order valence-electron chi connectivity index (χ1n) is 9.39. The van der Waals surface area contributed by atoms with Crippen molar-refractivity contribution < 1.29 is 14.3 Å². The number of nitrogens with zero attached hydrogens (tertiary/aromatic N) is 3. The second-order valence-electron chi connectivity index (χ2n) is 8.23. The molecule has 0 radical (unpaired) electrons. The monoisotopic (exact) mass is 433 g/mol. The van der Waals surface area contributed by atoms with Gasteiger partial charge in [0, 0.05) is 28.5 Å². The number of benzene rings is 1. The summed E-state index contributed by atoms with van der Waals surface area (Å²) in [6.07, 6.45) is 1.58. The minimum absolute atomic E-state index is 0.00191. The number of piperidine rings is 1. The van der Waals surface area contributed by atoms with Crippen LogP contribution in [0.1, 0.15) is 33.2 Å². The quantitative estimate of drug-likeness (QED) is 0.525. The number of likely N-dealkylation sites (tertiary alicyclic amines) is 1. The maximum absolute atomic E-state index is 13.0. The van der Waals surface area contributed by atoms with Crippen LogP contribution < -0.4 is 0 Å². The maximum atomic E-state index is 13.0. The second-order valence-corrected chi connectivity index (χ2v) is 9.10. The van der Waals surface area contributed by atoms with Crippen LogP contribution in [0.15, 0.2) is 30.5 Å². The number of pyridine rings is 1. The van der Waals surface area contributed by atoms with E-state index in [1.807, 2.05) is 22.8 Å². The zero-order valence-electron chi connectivity index (χ0n) is 16.4. The molecule has 0 spiro atoms. The van der Waals surface area contributed by atoms with Crippen LogP contribution in [0, 0.1) is 0 Å². The van der Waals surface area contributed by atoms with Crippen molar-refractivity contribution in [2.24, 2.45) is 0 Å². The molecule has 0 saturated carbocycles. The summed E-state index contributed by atoms with van der Waals surface area (Å²) in [7, 11) is 0.